The van der Waals surface area contributed by atoms with Gasteiger partial charge in [0.2, 0.25) is 0 Å². The highest BCUT2D eigenvalue weighted by atomic mass is 32.1. The Morgan fingerprint density at radius 3 is 2.52 bits per heavy atom. The number of nitrogens with zero attached hydrogens (tertiary/aromatic N) is 2. The average Bonchev–Trinajstić information content (AvgIpc) is 3.12. The predicted molar refractivity (Wildman–Crippen MR) is 111 cm³/mol. The van der Waals surface area contributed by atoms with Gasteiger partial charge in [0.25, 0.3) is 5.91 Å². The molecule has 1 amide bonds. The number of carbonyl (C=O) groups excluding carboxylic acids is 1. The second kappa shape index (κ2) is 7.31. The topological polar surface area (TPSA) is 23.6 Å². The Morgan fingerprint density at radius 1 is 0.926 bits per heavy atom. The summed E-state index contributed by atoms with van der Waals surface area (Å²) in [5.41, 5.74) is 3.86. The first-order valence-corrected chi connectivity index (χ1v) is 11.4. The molecular formula is C23H28N2OS. The predicted octanol–water partition coefficient (Wildman–Crippen LogP) is 5.38. The highest BCUT2D eigenvalue weighted by Gasteiger charge is 2.35. The molecule has 1 saturated carbocycles. The molecule has 0 bridgehead atoms. The molecule has 0 saturated heterocycles. The third-order valence-corrected chi connectivity index (χ3v) is 7.89. The lowest BCUT2D eigenvalue weighted by Gasteiger charge is -2.43. The average molecular weight is 381 g/mol. The molecule has 0 atom stereocenters. The summed E-state index contributed by atoms with van der Waals surface area (Å²) in [4.78, 5) is 19.5. The van der Waals surface area contributed by atoms with Crippen LogP contribution < -0.4 is 4.90 Å². The van der Waals surface area contributed by atoms with Crippen LogP contribution in [0.3, 0.4) is 0 Å². The van der Waals surface area contributed by atoms with E-state index in [9.17, 15) is 4.79 Å². The van der Waals surface area contributed by atoms with Crippen LogP contribution in [-0.4, -0.2) is 23.5 Å². The third-order valence-electron chi connectivity index (χ3n) is 6.52. The monoisotopic (exact) mass is 380 g/mol. The number of hydrogen-bond acceptors (Lipinski definition) is 3. The van der Waals surface area contributed by atoms with Crippen LogP contribution in [0, 0.1) is 0 Å². The van der Waals surface area contributed by atoms with Crippen molar-refractivity contribution in [2.45, 2.75) is 70.4 Å². The minimum absolute atomic E-state index is 0.179. The molecule has 0 unspecified atom stereocenters. The van der Waals surface area contributed by atoms with Crippen molar-refractivity contribution in [1.82, 2.24) is 4.90 Å². The molecule has 2 aliphatic carbocycles. The van der Waals surface area contributed by atoms with Crippen molar-refractivity contribution >= 4 is 22.2 Å². The van der Waals surface area contributed by atoms with Gasteiger partial charge in [-0.1, -0.05) is 37.5 Å². The molecule has 1 fully saturated rings. The first-order valence-electron chi connectivity index (χ1n) is 10.6. The van der Waals surface area contributed by atoms with Crippen LogP contribution in [0.5, 0.6) is 0 Å². The maximum atomic E-state index is 13.2. The lowest BCUT2D eigenvalue weighted by atomic mass is 9.92. The van der Waals surface area contributed by atoms with Gasteiger partial charge in [0.05, 0.1) is 18.2 Å². The second-order valence-corrected chi connectivity index (χ2v) is 9.35. The van der Waals surface area contributed by atoms with Crippen molar-refractivity contribution in [2.24, 2.45) is 0 Å². The van der Waals surface area contributed by atoms with E-state index in [0.29, 0.717) is 6.04 Å². The van der Waals surface area contributed by atoms with E-state index in [0.717, 1.165) is 18.8 Å². The van der Waals surface area contributed by atoms with Crippen LogP contribution >= 0.6 is 11.3 Å². The Labute approximate surface area is 166 Å². The maximum absolute atomic E-state index is 13.2. The maximum Gasteiger partial charge on any atom is 0.255 e. The highest BCUT2D eigenvalue weighted by Crippen LogP contribution is 2.45. The minimum atomic E-state index is 0.179. The zero-order valence-corrected chi connectivity index (χ0v) is 16.8. The fourth-order valence-corrected chi connectivity index (χ4v) is 6.54. The first kappa shape index (κ1) is 17.3. The van der Waals surface area contributed by atoms with Crippen molar-refractivity contribution in [1.29, 1.82) is 0 Å². The van der Waals surface area contributed by atoms with Crippen molar-refractivity contribution in [2.75, 3.05) is 11.6 Å². The van der Waals surface area contributed by atoms with E-state index in [1.165, 1.54) is 68.4 Å². The summed E-state index contributed by atoms with van der Waals surface area (Å²) in [7, 11) is 0. The number of aryl methyl sites for hydroxylation is 1. The summed E-state index contributed by atoms with van der Waals surface area (Å²) in [6.45, 7) is 1.54. The van der Waals surface area contributed by atoms with Crippen LogP contribution in [0.1, 0.15) is 71.3 Å². The fourth-order valence-electron chi connectivity index (χ4n) is 5.07. The molecule has 2 aromatic rings. The lowest BCUT2D eigenvalue weighted by molar-refractivity contribution is 0.0727. The van der Waals surface area contributed by atoms with Gasteiger partial charge in [-0.3, -0.25) is 4.79 Å². The summed E-state index contributed by atoms with van der Waals surface area (Å²) in [5.74, 6) is 0.179. The van der Waals surface area contributed by atoms with E-state index >= 15 is 0 Å². The largest absolute Gasteiger partial charge is 0.342 e. The van der Waals surface area contributed by atoms with E-state index < -0.39 is 0 Å². The van der Waals surface area contributed by atoms with Gasteiger partial charge in [0.1, 0.15) is 0 Å². The van der Waals surface area contributed by atoms with Crippen molar-refractivity contribution in [3.05, 3.63) is 51.9 Å². The minimum Gasteiger partial charge on any atom is -0.342 e. The number of hydrogen-bond donors (Lipinski definition) is 0. The number of fused-ring (bicyclic) bond motifs is 3. The molecule has 1 aromatic heterocycles. The quantitative estimate of drug-likeness (QED) is 0.698. The molecule has 3 aliphatic rings. The third kappa shape index (κ3) is 3.18. The molecule has 2 heterocycles. The van der Waals surface area contributed by atoms with E-state index in [1.54, 1.807) is 10.4 Å². The molecule has 1 aliphatic heterocycles. The Balaban J connectivity index is 1.51. The van der Waals surface area contributed by atoms with Crippen LogP contribution in [0.4, 0.5) is 5.00 Å². The molecule has 0 spiro atoms. The summed E-state index contributed by atoms with van der Waals surface area (Å²) >= 11 is 2.04. The molecule has 3 nitrogen and oxygen atoms in total. The summed E-state index contributed by atoms with van der Waals surface area (Å²) in [5, 5.41) is 1.49. The lowest BCUT2D eigenvalue weighted by Crippen LogP contribution is -2.49. The first-order chi connectivity index (χ1) is 13.3. The summed E-state index contributed by atoms with van der Waals surface area (Å²) < 4.78 is 0. The van der Waals surface area contributed by atoms with E-state index in [1.807, 2.05) is 41.7 Å². The molecule has 4 heteroatoms. The standard InChI is InChI=1S/C23H28N2OS/c26-22(17-9-3-1-4-10-17)24-15-20-19-13-7-8-14-21(19)27-23(20)25(16-24)18-11-5-2-6-12-18/h1,3-4,9-10,18H,2,5-8,11-16H2. The van der Waals surface area contributed by atoms with Gasteiger partial charge in [0, 0.05) is 22.0 Å². The van der Waals surface area contributed by atoms with Crippen molar-refractivity contribution in [3.8, 4) is 0 Å². The number of benzene rings is 1. The van der Waals surface area contributed by atoms with Gasteiger partial charge in [-0.2, -0.15) is 0 Å². The van der Waals surface area contributed by atoms with Gasteiger partial charge >= 0.3 is 0 Å². The summed E-state index contributed by atoms with van der Waals surface area (Å²) in [6.07, 6.45) is 11.6. The number of thiophene rings is 1. The Bertz CT molecular complexity index is 822. The van der Waals surface area contributed by atoms with Gasteiger partial charge in [-0.05, 0) is 56.2 Å². The Hall–Kier alpha value is -1.81. The molecule has 142 valence electrons. The molecule has 0 N–H and O–H groups in total. The van der Waals surface area contributed by atoms with Crippen molar-refractivity contribution < 1.29 is 4.79 Å². The number of amides is 1. The molecule has 5 rings (SSSR count). The van der Waals surface area contributed by atoms with E-state index in [4.69, 9.17) is 0 Å². The molecule has 1 aromatic carbocycles. The second-order valence-electron chi connectivity index (χ2n) is 8.27. The van der Waals surface area contributed by atoms with Gasteiger partial charge in [-0.25, -0.2) is 0 Å². The molecular weight excluding hydrogens is 352 g/mol. The highest BCUT2D eigenvalue weighted by molar-refractivity contribution is 7.16. The number of carbonyl (C=O) groups is 1. The summed E-state index contributed by atoms with van der Waals surface area (Å²) in [6, 6.07) is 10.4. The van der Waals surface area contributed by atoms with Gasteiger partial charge in [-0.15, -0.1) is 11.3 Å². The van der Waals surface area contributed by atoms with Crippen LogP contribution in [0.2, 0.25) is 0 Å². The fraction of sp³-hybridized carbons (Fsp3) is 0.522. The zero-order chi connectivity index (χ0) is 18.2. The molecule has 27 heavy (non-hydrogen) atoms. The normalized spacial score (nSPS) is 20.3. The smallest absolute Gasteiger partial charge is 0.255 e. The van der Waals surface area contributed by atoms with E-state index in [-0.39, 0.29) is 5.91 Å². The van der Waals surface area contributed by atoms with Gasteiger partial charge in [0.15, 0.2) is 0 Å². The van der Waals surface area contributed by atoms with Gasteiger partial charge < -0.3 is 9.80 Å². The van der Waals surface area contributed by atoms with Crippen LogP contribution in [-0.2, 0) is 19.4 Å². The zero-order valence-electron chi connectivity index (χ0n) is 16.0. The Morgan fingerprint density at radius 2 is 1.70 bits per heavy atom. The number of rotatable bonds is 2. The number of anilines is 1. The molecule has 0 radical (unpaired) electrons. The Kier molecular flexibility index (Phi) is 4.68. The van der Waals surface area contributed by atoms with Crippen molar-refractivity contribution in [3.63, 3.8) is 0 Å². The van der Waals surface area contributed by atoms with Crippen LogP contribution in [0.25, 0.3) is 0 Å². The van der Waals surface area contributed by atoms with Crippen LogP contribution in [0.15, 0.2) is 30.3 Å². The SMILES string of the molecule is O=C(c1ccccc1)N1Cc2c(sc3c2CCCC3)N(C2CCCCC2)C1. The van der Waals surface area contributed by atoms with E-state index in [2.05, 4.69) is 9.80 Å².